The van der Waals surface area contributed by atoms with Gasteiger partial charge in [0.05, 0.1) is 0 Å². The van der Waals surface area contributed by atoms with Gasteiger partial charge in [-0.05, 0) is 54.0 Å². The van der Waals surface area contributed by atoms with Gasteiger partial charge in [0.2, 0.25) is 5.91 Å². The first kappa shape index (κ1) is 15.0. The number of hydrogen-bond donors (Lipinski definition) is 1. The Morgan fingerprint density at radius 3 is 2.95 bits per heavy atom. The predicted octanol–water partition coefficient (Wildman–Crippen LogP) is 2.78. The summed E-state index contributed by atoms with van der Waals surface area (Å²) >= 11 is 1.66. The van der Waals surface area contributed by atoms with Crippen LogP contribution in [0.25, 0.3) is 0 Å². The Balaban J connectivity index is 1.76. The Kier molecular flexibility index (Phi) is 5.59. The van der Waals surface area contributed by atoms with Crippen LogP contribution < -0.4 is 0 Å². The molecule has 1 aliphatic heterocycles. The molecule has 0 bridgehead atoms. The molecule has 1 atom stereocenters. The van der Waals surface area contributed by atoms with Crippen molar-refractivity contribution >= 4 is 23.2 Å². The molecular formula is C15H21NO3S. The van der Waals surface area contributed by atoms with Crippen molar-refractivity contribution in [2.75, 3.05) is 13.1 Å². The van der Waals surface area contributed by atoms with Crippen molar-refractivity contribution < 1.29 is 14.7 Å². The zero-order valence-electron chi connectivity index (χ0n) is 11.6. The minimum atomic E-state index is -0.745. The van der Waals surface area contributed by atoms with E-state index in [1.165, 1.54) is 5.56 Å². The minimum absolute atomic E-state index is 0.205. The molecule has 0 saturated carbocycles. The maximum Gasteiger partial charge on any atom is 0.303 e. The van der Waals surface area contributed by atoms with Gasteiger partial charge in [-0.2, -0.15) is 11.3 Å². The number of hydrogen-bond acceptors (Lipinski definition) is 3. The number of aryl methyl sites for hydroxylation is 1. The molecule has 1 aliphatic rings. The second-order valence-electron chi connectivity index (χ2n) is 5.41. The number of aliphatic carboxylic acids is 1. The van der Waals surface area contributed by atoms with Gasteiger partial charge < -0.3 is 10.0 Å². The number of rotatable bonds is 6. The molecule has 0 radical (unpaired) electrons. The van der Waals surface area contributed by atoms with Crippen LogP contribution in [-0.2, 0) is 16.0 Å². The van der Waals surface area contributed by atoms with Gasteiger partial charge in [-0.15, -0.1) is 0 Å². The van der Waals surface area contributed by atoms with E-state index in [0.717, 1.165) is 32.4 Å². The van der Waals surface area contributed by atoms with Gasteiger partial charge in [-0.3, -0.25) is 9.59 Å². The molecule has 1 saturated heterocycles. The second kappa shape index (κ2) is 7.43. The van der Waals surface area contributed by atoms with Crippen molar-refractivity contribution in [3.63, 3.8) is 0 Å². The molecule has 1 aromatic rings. The quantitative estimate of drug-likeness (QED) is 0.878. The summed E-state index contributed by atoms with van der Waals surface area (Å²) in [6.07, 6.45) is 4.29. The first-order chi connectivity index (χ1) is 9.65. The Morgan fingerprint density at radius 2 is 2.25 bits per heavy atom. The first-order valence-corrected chi connectivity index (χ1v) is 8.10. The third kappa shape index (κ3) is 4.63. The number of piperidine rings is 1. The van der Waals surface area contributed by atoms with Crippen LogP contribution in [-0.4, -0.2) is 35.0 Å². The SMILES string of the molecule is O=C(O)CC[C@H]1CCCN(C(=O)CCc2ccsc2)C1. The fourth-order valence-electron chi connectivity index (χ4n) is 2.70. The van der Waals surface area contributed by atoms with E-state index in [1.807, 2.05) is 10.3 Å². The summed E-state index contributed by atoms with van der Waals surface area (Å²) in [4.78, 5) is 24.7. The van der Waals surface area contributed by atoms with Crippen molar-refractivity contribution in [1.82, 2.24) is 4.90 Å². The Morgan fingerprint density at radius 1 is 1.40 bits per heavy atom. The summed E-state index contributed by atoms with van der Waals surface area (Å²) in [5, 5.41) is 12.8. The number of carboxylic acids is 1. The van der Waals surface area contributed by atoms with E-state index < -0.39 is 5.97 Å². The fourth-order valence-corrected chi connectivity index (χ4v) is 3.40. The summed E-state index contributed by atoms with van der Waals surface area (Å²) in [7, 11) is 0. The van der Waals surface area contributed by atoms with Crippen LogP contribution in [0.1, 0.15) is 37.7 Å². The smallest absolute Gasteiger partial charge is 0.303 e. The molecule has 1 amide bonds. The molecule has 1 N–H and O–H groups in total. The van der Waals surface area contributed by atoms with Crippen LogP contribution in [0.15, 0.2) is 16.8 Å². The van der Waals surface area contributed by atoms with E-state index in [0.29, 0.717) is 18.8 Å². The van der Waals surface area contributed by atoms with Crippen LogP contribution >= 0.6 is 11.3 Å². The third-order valence-corrected chi connectivity index (χ3v) is 4.58. The molecule has 0 aliphatic carbocycles. The highest BCUT2D eigenvalue weighted by Crippen LogP contribution is 2.22. The van der Waals surface area contributed by atoms with Gasteiger partial charge in [0.25, 0.3) is 0 Å². The molecule has 1 aromatic heterocycles. The van der Waals surface area contributed by atoms with Crippen molar-refractivity contribution in [2.24, 2.45) is 5.92 Å². The highest BCUT2D eigenvalue weighted by Gasteiger charge is 2.23. The topological polar surface area (TPSA) is 57.6 Å². The van der Waals surface area contributed by atoms with Crippen molar-refractivity contribution in [3.8, 4) is 0 Å². The molecule has 5 heteroatoms. The van der Waals surface area contributed by atoms with Crippen molar-refractivity contribution in [2.45, 2.75) is 38.5 Å². The number of carbonyl (C=O) groups excluding carboxylic acids is 1. The molecule has 4 nitrogen and oxygen atoms in total. The zero-order chi connectivity index (χ0) is 14.4. The first-order valence-electron chi connectivity index (χ1n) is 7.16. The van der Waals surface area contributed by atoms with E-state index in [1.54, 1.807) is 11.3 Å². The molecule has 0 aromatic carbocycles. The minimum Gasteiger partial charge on any atom is -0.481 e. The fraction of sp³-hybridized carbons (Fsp3) is 0.600. The lowest BCUT2D eigenvalue weighted by atomic mass is 9.93. The van der Waals surface area contributed by atoms with Gasteiger partial charge in [0.15, 0.2) is 0 Å². The van der Waals surface area contributed by atoms with Crippen LogP contribution in [0.4, 0.5) is 0 Å². The molecule has 110 valence electrons. The molecule has 0 spiro atoms. The van der Waals surface area contributed by atoms with E-state index in [2.05, 4.69) is 11.4 Å². The lowest BCUT2D eigenvalue weighted by Gasteiger charge is -2.32. The normalized spacial score (nSPS) is 19.0. The summed E-state index contributed by atoms with van der Waals surface area (Å²) in [5.41, 5.74) is 1.22. The number of carboxylic acid groups (broad SMARTS) is 1. The number of nitrogens with zero attached hydrogens (tertiary/aromatic N) is 1. The standard InChI is InChI=1S/C15H21NO3S/c17-14(5-3-13-7-9-20-11-13)16-8-1-2-12(10-16)4-6-15(18)19/h7,9,11-12H,1-6,8,10H2,(H,18,19)/t12-/m1/s1. The number of likely N-dealkylation sites (tertiary alicyclic amines) is 1. The lowest BCUT2D eigenvalue weighted by Crippen LogP contribution is -2.40. The van der Waals surface area contributed by atoms with E-state index in [9.17, 15) is 9.59 Å². The van der Waals surface area contributed by atoms with Gasteiger partial charge in [-0.25, -0.2) is 0 Å². The average Bonchev–Trinajstić information content (AvgIpc) is 2.96. The maximum absolute atomic E-state index is 12.2. The predicted molar refractivity (Wildman–Crippen MR) is 78.8 cm³/mol. The third-order valence-electron chi connectivity index (χ3n) is 3.85. The van der Waals surface area contributed by atoms with Gasteiger partial charge >= 0.3 is 5.97 Å². The Bertz CT molecular complexity index is 444. The van der Waals surface area contributed by atoms with E-state index >= 15 is 0 Å². The Labute approximate surface area is 123 Å². The van der Waals surface area contributed by atoms with Gasteiger partial charge in [0.1, 0.15) is 0 Å². The largest absolute Gasteiger partial charge is 0.481 e. The van der Waals surface area contributed by atoms with Gasteiger partial charge in [-0.1, -0.05) is 0 Å². The summed E-state index contributed by atoms with van der Waals surface area (Å²) in [6.45, 7) is 1.56. The second-order valence-corrected chi connectivity index (χ2v) is 6.19. The summed E-state index contributed by atoms with van der Waals surface area (Å²) in [5.74, 6) is -0.188. The number of thiophene rings is 1. The molecular weight excluding hydrogens is 274 g/mol. The number of amides is 1. The highest BCUT2D eigenvalue weighted by molar-refractivity contribution is 7.07. The van der Waals surface area contributed by atoms with Crippen LogP contribution in [0, 0.1) is 5.92 Å². The highest BCUT2D eigenvalue weighted by atomic mass is 32.1. The Hall–Kier alpha value is -1.36. The van der Waals surface area contributed by atoms with Gasteiger partial charge in [0, 0.05) is 25.9 Å². The van der Waals surface area contributed by atoms with Crippen LogP contribution in [0.2, 0.25) is 0 Å². The molecule has 20 heavy (non-hydrogen) atoms. The molecule has 2 heterocycles. The maximum atomic E-state index is 12.2. The van der Waals surface area contributed by atoms with Crippen molar-refractivity contribution in [3.05, 3.63) is 22.4 Å². The molecule has 0 unspecified atom stereocenters. The zero-order valence-corrected chi connectivity index (χ0v) is 12.4. The van der Waals surface area contributed by atoms with E-state index in [-0.39, 0.29) is 12.3 Å². The summed E-state index contributed by atoms with van der Waals surface area (Å²) in [6, 6.07) is 2.06. The number of carbonyl (C=O) groups is 2. The molecule has 1 fully saturated rings. The van der Waals surface area contributed by atoms with E-state index in [4.69, 9.17) is 5.11 Å². The molecule has 2 rings (SSSR count). The lowest BCUT2D eigenvalue weighted by molar-refractivity contribution is -0.137. The average molecular weight is 295 g/mol. The van der Waals surface area contributed by atoms with Crippen LogP contribution in [0.5, 0.6) is 0 Å². The monoisotopic (exact) mass is 295 g/mol. The van der Waals surface area contributed by atoms with Crippen molar-refractivity contribution in [1.29, 1.82) is 0 Å². The summed E-state index contributed by atoms with van der Waals surface area (Å²) < 4.78 is 0. The van der Waals surface area contributed by atoms with Crippen LogP contribution in [0.3, 0.4) is 0 Å².